The minimum Gasteiger partial charge on any atom is -0.497 e. The maximum absolute atomic E-state index is 13.3. The number of thioether (sulfide) groups is 1. The first kappa shape index (κ1) is 22.2. The van der Waals surface area contributed by atoms with Gasteiger partial charge in [0.15, 0.2) is 0 Å². The molecule has 1 aromatic heterocycles. The summed E-state index contributed by atoms with van der Waals surface area (Å²) in [5.74, 6) is 1.04. The first-order valence-corrected chi connectivity index (χ1v) is 12.1. The summed E-state index contributed by atoms with van der Waals surface area (Å²) < 4.78 is 20.5. The second-order valence-corrected chi connectivity index (χ2v) is 9.14. The van der Waals surface area contributed by atoms with Crippen LogP contribution < -0.4 is 4.74 Å². The molecule has 0 spiro atoms. The van der Waals surface area contributed by atoms with E-state index in [0.29, 0.717) is 18.7 Å². The van der Waals surface area contributed by atoms with Crippen LogP contribution in [0.3, 0.4) is 0 Å². The Kier molecular flexibility index (Phi) is 6.36. The highest BCUT2D eigenvalue weighted by Crippen LogP contribution is 2.43. The first-order chi connectivity index (χ1) is 16.6. The lowest BCUT2D eigenvalue weighted by Gasteiger charge is -2.24. The second kappa shape index (κ2) is 9.73. The summed E-state index contributed by atoms with van der Waals surface area (Å²) in [6.07, 6.45) is 2.68. The highest BCUT2D eigenvalue weighted by molar-refractivity contribution is 8.00. The van der Waals surface area contributed by atoms with Crippen molar-refractivity contribution in [2.45, 2.75) is 11.8 Å². The number of hydrogen-bond donors (Lipinski definition) is 0. The predicted octanol–water partition coefficient (Wildman–Crippen LogP) is 5.50. The van der Waals surface area contributed by atoms with Crippen molar-refractivity contribution in [2.75, 3.05) is 19.4 Å². The molecular weight excluding hydrogens is 449 g/mol. The Morgan fingerprint density at radius 1 is 1.03 bits per heavy atom. The SMILES string of the molecule is COc1ccc(-c2nn(-c3ccccc3)cc2[C@H]2SCC(=O)N2CCc2ccc(F)cc2)cc1. The fourth-order valence-electron chi connectivity index (χ4n) is 4.11. The van der Waals surface area contributed by atoms with E-state index in [4.69, 9.17) is 9.84 Å². The number of benzene rings is 3. The number of nitrogens with zero attached hydrogens (tertiary/aromatic N) is 3. The van der Waals surface area contributed by atoms with Crippen molar-refractivity contribution in [2.24, 2.45) is 0 Å². The summed E-state index contributed by atoms with van der Waals surface area (Å²) >= 11 is 1.61. The molecule has 4 aromatic rings. The fourth-order valence-corrected chi connectivity index (χ4v) is 5.33. The van der Waals surface area contributed by atoms with Gasteiger partial charge in [0.05, 0.1) is 24.2 Å². The average molecular weight is 474 g/mol. The highest BCUT2D eigenvalue weighted by Gasteiger charge is 2.35. The Bertz CT molecular complexity index is 1270. The molecule has 1 amide bonds. The largest absolute Gasteiger partial charge is 0.497 e. The topological polar surface area (TPSA) is 47.4 Å². The third-order valence-corrected chi connectivity index (χ3v) is 7.15. The molecule has 5 rings (SSSR count). The number of para-hydroxylation sites is 1. The van der Waals surface area contributed by atoms with Gasteiger partial charge in [-0.05, 0) is 60.5 Å². The standard InChI is InChI=1S/C27H24FN3O2S/c1-33-23-13-9-20(10-14-23)26-24(17-31(29-26)22-5-3-2-4-6-22)27-30(25(32)18-34-27)16-15-19-7-11-21(28)12-8-19/h2-14,17,27H,15-16,18H2,1H3/t27-/m1/s1. The molecule has 1 aliphatic heterocycles. The van der Waals surface area contributed by atoms with Crippen molar-refractivity contribution in [3.63, 3.8) is 0 Å². The van der Waals surface area contributed by atoms with Crippen LogP contribution in [-0.2, 0) is 11.2 Å². The first-order valence-electron chi connectivity index (χ1n) is 11.1. The zero-order valence-electron chi connectivity index (χ0n) is 18.7. The van der Waals surface area contributed by atoms with Crippen LogP contribution in [0.4, 0.5) is 4.39 Å². The summed E-state index contributed by atoms with van der Waals surface area (Å²) in [5, 5.41) is 4.77. The minimum absolute atomic E-state index is 0.102. The van der Waals surface area contributed by atoms with Crippen molar-refractivity contribution in [3.05, 3.63) is 102 Å². The molecule has 7 heteroatoms. The van der Waals surface area contributed by atoms with E-state index in [9.17, 15) is 9.18 Å². The molecular formula is C27H24FN3O2S. The number of ether oxygens (including phenoxy) is 1. The highest BCUT2D eigenvalue weighted by atomic mass is 32.2. The summed E-state index contributed by atoms with van der Waals surface area (Å²) in [6.45, 7) is 0.556. The van der Waals surface area contributed by atoms with Gasteiger partial charge in [0.1, 0.15) is 16.9 Å². The van der Waals surface area contributed by atoms with Crippen LogP contribution in [0.1, 0.15) is 16.5 Å². The minimum atomic E-state index is -0.258. The molecule has 0 unspecified atom stereocenters. The van der Waals surface area contributed by atoms with Gasteiger partial charge in [-0.15, -0.1) is 11.8 Å². The maximum Gasteiger partial charge on any atom is 0.233 e. The van der Waals surface area contributed by atoms with E-state index in [1.807, 2.05) is 70.4 Å². The van der Waals surface area contributed by atoms with Gasteiger partial charge in [0.2, 0.25) is 5.91 Å². The van der Waals surface area contributed by atoms with E-state index in [1.165, 1.54) is 12.1 Å². The fraction of sp³-hybridized carbons (Fsp3) is 0.185. The van der Waals surface area contributed by atoms with Gasteiger partial charge in [0, 0.05) is 23.9 Å². The molecule has 0 N–H and O–H groups in total. The number of carbonyl (C=O) groups excluding carboxylic acids is 1. The molecule has 0 bridgehead atoms. The van der Waals surface area contributed by atoms with E-state index in [1.54, 1.807) is 31.0 Å². The van der Waals surface area contributed by atoms with Crippen LogP contribution >= 0.6 is 11.8 Å². The number of aromatic nitrogens is 2. The Hall–Kier alpha value is -3.58. The lowest BCUT2D eigenvalue weighted by molar-refractivity contribution is -0.128. The monoisotopic (exact) mass is 473 g/mol. The molecule has 2 heterocycles. The maximum atomic E-state index is 13.3. The third kappa shape index (κ3) is 4.56. The van der Waals surface area contributed by atoms with Crippen LogP contribution in [-0.4, -0.2) is 40.0 Å². The third-order valence-electron chi connectivity index (χ3n) is 5.92. The molecule has 0 radical (unpaired) electrons. The predicted molar refractivity (Wildman–Crippen MR) is 133 cm³/mol. The Morgan fingerprint density at radius 3 is 2.47 bits per heavy atom. The number of hydrogen-bond acceptors (Lipinski definition) is 4. The van der Waals surface area contributed by atoms with Gasteiger partial charge in [-0.2, -0.15) is 5.10 Å². The quantitative estimate of drug-likeness (QED) is 0.355. The molecule has 1 aliphatic rings. The lowest BCUT2D eigenvalue weighted by atomic mass is 10.1. The van der Waals surface area contributed by atoms with E-state index < -0.39 is 0 Å². The van der Waals surface area contributed by atoms with E-state index in [2.05, 4.69) is 0 Å². The zero-order valence-corrected chi connectivity index (χ0v) is 19.5. The van der Waals surface area contributed by atoms with Crippen LogP contribution in [0.25, 0.3) is 16.9 Å². The van der Waals surface area contributed by atoms with Crippen molar-refractivity contribution in [1.29, 1.82) is 0 Å². The zero-order chi connectivity index (χ0) is 23.5. The van der Waals surface area contributed by atoms with Crippen molar-refractivity contribution >= 4 is 17.7 Å². The van der Waals surface area contributed by atoms with Gasteiger partial charge in [-0.3, -0.25) is 4.79 Å². The van der Waals surface area contributed by atoms with Crippen LogP contribution in [0.2, 0.25) is 0 Å². The molecule has 3 aromatic carbocycles. The molecule has 34 heavy (non-hydrogen) atoms. The second-order valence-electron chi connectivity index (χ2n) is 8.07. The van der Waals surface area contributed by atoms with Crippen molar-refractivity contribution in [3.8, 4) is 22.7 Å². The number of rotatable bonds is 7. The van der Waals surface area contributed by atoms with Crippen molar-refractivity contribution < 1.29 is 13.9 Å². The Morgan fingerprint density at radius 2 is 1.76 bits per heavy atom. The lowest BCUT2D eigenvalue weighted by Crippen LogP contribution is -2.30. The molecule has 0 aliphatic carbocycles. The normalized spacial score (nSPS) is 15.6. The van der Waals surface area contributed by atoms with Crippen molar-refractivity contribution in [1.82, 2.24) is 14.7 Å². The molecule has 1 fully saturated rings. The van der Waals surface area contributed by atoms with E-state index in [-0.39, 0.29) is 17.1 Å². The van der Waals surface area contributed by atoms with Crippen LogP contribution in [0, 0.1) is 5.82 Å². The smallest absolute Gasteiger partial charge is 0.233 e. The number of halogens is 1. The van der Waals surface area contributed by atoms with Gasteiger partial charge >= 0.3 is 0 Å². The molecule has 1 atom stereocenters. The average Bonchev–Trinajstić information content (AvgIpc) is 3.48. The van der Waals surface area contributed by atoms with E-state index >= 15 is 0 Å². The molecule has 172 valence electrons. The molecule has 0 saturated carbocycles. The summed E-state index contributed by atoms with van der Waals surface area (Å²) in [4.78, 5) is 14.8. The Labute approximate surface area is 202 Å². The van der Waals surface area contributed by atoms with Crippen LogP contribution in [0.5, 0.6) is 5.75 Å². The van der Waals surface area contributed by atoms with E-state index in [0.717, 1.165) is 33.8 Å². The summed E-state index contributed by atoms with van der Waals surface area (Å²) in [5.41, 5.74) is 4.74. The molecule has 5 nitrogen and oxygen atoms in total. The summed E-state index contributed by atoms with van der Waals surface area (Å²) in [7, 11) is 1.64. The summed E-state index contributed by atoms with van der Waals surface area (Å²) in [6, 6.07) is 24.2. The molecule has 1 saturated heterocycles. The Balaban J connectivity index is 1.50. The van der Waals surface area contributed by atoms with Gasteiger partial charge in [-0.25, -0.2) is 9.07 Å². The number of amides is 1. The van der Waals surface area contributed by atoms with Crippen LogP contribution in [0.15, 0.2) is 85.1 Å². The number of methoxy groups -OCH3 is 1. The van der Waals surface area contributed by atoms with Gasteiger partial charge in [0.25, 0.3) is 0 Å². The van der Waals surface area contributed by atoms with Gasteiger partial charge < -0.3 is 9.64 Å². The number of carbonyl (C=O) groups is 1. The van der Waals surface area contributed by atoms with Gasteiger partial charge in [-0.1, -0.05) is 30.3 Å².